The van der Waals surface area contributed by atoms with Crippen LogP contribution in [0.3, 0.4) is 0 Å². The Morgan fingerprint density at radius 3 is 2.86 bits per heavy atom. The zero-order valence-corrected chi connectivity index (χ0v) is 13.6. The molecule has 0 radical (unpaired) electrons. The number of nitrogens with zero attached hydrogens (tertiary/aromatic N) is 2. The first-order valence-electron chi connectivity index (χ1n) is 7.66. The summed E-state index contributed by atoms with van der Waals surface area (Å²) in [7, 11) is 0. The average molecular weight is 301 g/mol. The van der Waals surface area contributed by atoms with E-state index in [2.05, 4.69) is 59.4 Å². The summed E-state index contributed by atoms with van der Waals surface area (Å²) in [5.74, 6) is 0. The molecule has 1 aliphatic rings. The number of aryl methyl sites for hydroxylation is 1. The lowest BCUT2D eigenvalue weighted by Crippen LogP contribution is -2.56. The summed E-state index contributed by atoms with van der Waals surface area (Å²) in [6, 6.07) is 10.8. The van der Waals surface area contributed by atoms with Gasteiger partial charge in [-0.25, -0.2) is 4.98 Å². The van der Waals surface area contributed by atoms with Crippen LogP contribution in [0.5, 0.6) is 0 Å². The first-order chi connectivity index (χ1) is 10.2. The van der Waals surface area contributed by atoms with Crippen molar-refractivity contribution < 1.29 is 0 Å². The third-order valence-corrected chi connectivity index (χ3v) is 5.33. The number of piperazine rings is 1. The Bertz CT molecular complexity index is 581. The van der Waals surface area contributed by atoms with Gasteiger partial charge in [0.2, 0.25) is 0 Å². The van der Waals surface area contributed by atoms with E-state index < -0.39 is 0 Å². The zero-order valence-electron chi connectivity index (χ0n) is 12.8. The second-order valence-corrected chi connectivity index (χ2v) is 7.11. The Hall–Kier alpha value is -1.23. The molecule has 1 unspecified atom stereocenters. The van der Waals surface area contributed by atoms with Gasteiger partial charge in [0.25, 0.3) is 0 Å². The minimum Gasteiger partial charge on any atom is -0.305 e. The van der Waals surface area contributed by atoms with Gasteiger partial charge in [0.05, 0.1) is 12.1 Å². The molecule has 1 saturated heterocycles. The number of thiazole rings is 1. The summed E-state index contributed by atoms with van der Waals surface area (Å²) in [5.41, 5.74) is 1.40. The van der Waals surface area contributed by atoms with Crippen molar-refractivity contribution in [2.24, 2.45) is 0 Å². The van der Waals surface area contributed by atoms with Gasteiger partial charge in [0.15, 0.2) is 0 Å². The van der Waals surface area contributed by atoms with E-state index in [-0.39, 0.29) is 5.54 Å². The smallest absolute Gasteiger partial charge is 0.107 e. The molecule has 112 valence electrons. The molecule has 1 fully saturated rings. The fraction of sp³-hybridized carbons (Fsp3) is 0.471. The normalized spacial score (nSPS) is 23.3. The highest BCUT2D eigenvalue weighted by Crippen LogP contribution is 2.26. The molecule has 2 aromatic rings. The summed E-state index contributed by atoms with van der Waals surface area (Å²) in [5, 5.41) is 4.93. The Labute approximate surface area is 131 Å². The molecule has 1 aromatic carbocycles. The van der Waals surface area contributed by atoms with Crippen LogP contribution in [0.25, 0.3) is 0 Å². The number of rotatable bonds is 4. The molecule has 0 saturated carbocycles. The Morgan fingerprint density at radius 1 is 1.33 bits per heavy atom. The second-order valence-electron chi connectivity index (χ2n) is 5.91. The molecule has 0 bridgehead atoms. The SMILES string of the molecule is CCc1cnc(CN2CCNC(C)(c3ccccc3)C2)s1. The Balaban J connectivity index is 1.71. The molecule has 0 spiro atoms. The van der Waals surface area contributed by atoms with E-state index in [1.807, 2.05) is 17.5 Å². The van der Waals surface area contributed by atoms with E-state index >= 15 is 0 Å². The first kappa shape index (κ1) is 14.7. The van der Waals surface area contributed by atoms with Gasteiger partial charge < -0.3 is 5.32 Å². The van der Waals surface area contributed by atoms with Crippen molar-refractivity contribution in [2.75, 3.05) is 19.6 Å². The van der Waals surface area contributed by atoms with Crippen LogP contribution < -0.4 is 5.32 Å². The molecular formula is C17H23N3S. The molecule has 2 heterocycles. The quantitative estimate of drug-likeness (QED) is 0.941. The van der Waals surface area contributed by atoms with Crippen molar-refractivity contribution in [2.45, 2.75) is 32.4 Å². The van der Waals surface area contributed by atoms with Gasteiger partial charge in [-0.1, -0.05) is 37.3 Å². The highest BCUT2D eigenvalue weighted by molar-refractivity contribution is 7.11. The third-order valence-electron chi connectivity index (χ3n) is 4.20. The number of nitrogens with one attached hydrogen (secondary N) is 1. The third kappa shape index (κ3) is 3.34. The predicted molar refractivity (Wildman–Crippen MR) is 88.6 cm³/mol. The fourth-order valence-corrected chi connectivity index (χ4v) is 3.89. The summed E-state index contributed by atoms with van der Waals surface area (Å²) in [4.78, 5) is 8.45. The molecule has 21 heavy (non-hydrogen) atoms. The maximum atomic E-state index is 4.56. The van der Waals surface area contributed by atoms with Crippen molar-refractivity contribution in [3.8, 4) is 0 Å². The van der Waals surface area contributed by atoms with Crippen molar-refractivity contribution in [1.29, 1.82) is 0 Å². The number of aromatic nitrogens is 1. The molecule has 3 rings (SSSR count). The standard InChI is InChI=1S/C17H23N3S/c1-3-15-11-18-16(21-15)12-20-10-9-19-17(2,13-20)14-7-5-4-6-8-14/h4-8,11,19H,3,9-10,12-13H2,1-2H3. The maximum absolute atomic E-state index is 4.56. The van der Waals surface area contributed by atoms with E-state index in [1.54, 1.807) is 0 Å². The predicted octanol–water partition coefficient (Wildman–Crippen LogP) is 3.03. The van der Waals surface area contributed by atoms with Crippen LogP contribution in [-0.2, 0) is 18.5 Å². The lowest BCUT2D eigenvalue weighted by Gasteiger charge is -2.41. The first-order valence-corrected chi connectivity index (χ1v) is 8.48. The molecule has 1 aromatic heterocycles. The van der Waals surface area contributed by atoms with Crippen LogP contribution >= 0.6 is 11.3 Å². The highest BCUT2D eigenvalue weighted by atomic mass is 32.1. The van der Waals surface area contributed by atoms with Gasteiger partial charge >= 0.3 is 0 Å². The molecule has 3 nitrogen and oxygen atoms in total. The lowest BCUT2D eigenvalue weighted by atomic mass is 9.90. The van der Waals surface area contributed by atoms with Gasteiger partial charge in [-0.15, -0.1) is 11.3 Å². The van der Waals surface area contributed by atoms with Crippen LogP contribution in [0.1, 0.15) is 29.3 Å². The van der Waals surface area contributed by atoms with Crippen LogP contribution in [0.15, 0.2) is 36.5 Å². The van der Waals surface area contributed by atoms with E-state index in [4.69, 9.17) is 0 Å². The van der Waals surface area contributed by atoms with Crippen molar-refractivity contribution in [3.63, 3.8) is 0 Å². The number of benzene rings is 1. The van der Waals surface area contributed by atoms with Gasteiger partial charge in [-0.2, -0.15) is 0 Å². The van der Waals surface area contributed by atoms with E-state index in [1.165, 1.54) is 15.4 Å². The fourth-order valence-electron chi connectivity index (χ4n) is 2.98. The monoisotopic (exact) mass is 301 g/mol. The van der Waals surface area contributed by atoms with Gasteiger partial charge in [-0.05, 0) is 18.9 Å². The van der Waals surface area contributed by atoms with Crippen LogP contribution in [0.2, 0.25) is 0 Å². The summed E-state index contributed by atoms with van der Waals surface area (Å²) < 4.78 is 0. The van der Waals surface area contributed by atoms with E-state index in [0.29, 0.717) is 0 Å². The van der Waals surface area contributed by atoms with Gasteiger partial charge in [0.1, 0.15) is 5.01 Å². The van der Waals surface area contributed by atoms with Crippen molar-refractivity contribution >= 4 is 11.3 Å². The maximum Gasteiger partial charge on any atom is 0.107 e. The summed E-state index contributed by atoms with van der Waals surface area (Å²) in [6.07, 6.45) is 3.11. The molecule has 1 aliphatic heterocycles. The average Bonchev–Trinajstić information content (AvgIpc) is 2.96. The van der Waals surface area contributed by atoms with Gasteiger partial charge in [-0.3, -0.25) is 4.90 Å². The minimum absolute atomic E-state index is 0.0321. The second kappa shape index (κ2) is 6.26. The molecular weight excluding hydrogens is 278 g/mol. The van der Waals surface area contributed by atoms with E-state index in [9.17, 15) is 0 Å². The number of hydrogen-bond donors (Lipinski definition) is 1. The molecule has 4 heteroatoms. The summed E-state index contributed by atoms with van der Waals surface area (Å²) >= 11 is 1.85. The topological polar surface area (TPSA) is 28.2 Å². The van der Waals surface area contributed by atoms with Gasteiger partial charge in [0, 0.05) is 30.7 Å². The molecule has 1 atom stereocenters. The minimum atomic E-state index is 0.0321. The highest BCUT2D eigenvalue weighted by Gasteiger charge is 2.32. The van der Waals surface area contributed by atoms with Crippen molar-refractivity contribution in [1.82, 2.24) is 15.2 Å². The van der Waals surface area contributed by atoms with Crippen molar-refractivity contribution in [3.05, 3.63) is 52.0 Å². The molecule has 0 aliphatic carbocycles. The Kier molecular flexibility index (Phi) is 4.38. The molecule has 0 amide bonds. The zero-order chi connectivity index (χ0) is 14.7. The van der Waals surface area contributed by atoms with E-state index in [0.717, 1.165) is 32.6 Å². The summed E-state index contributed by atoms with van der Waals surface area (Å²) in [6.45, 7) is 8.59. The largest absolute Gasteiger partial charge is 0.305 e. The molecule has 1 N–H and O–H groups in total. The van der Waals surface area contributed by atoms with Crippen LogP contribution in [0.4, 0.5) is 0 Å². The number of hydrogen-bond acceptors (Lipinski definition) is 4. The van der Waals surface area contributed by atoms with Crippen LogP contribution in [0, 0.1) is 0 Å². The van der Waals surface area contributed by atoms with Crippen LogP contribution in [-0.4, -0.2) is 29.5 Å². The Morgan fingerprint density at radius 2 is 2.14 bits per heavy atom. The lowest BCUT2D eigenvalue weighted by molar-refractivity contribution is 0.136.